The molecule has 0 aliphatic carbocycles. The third-order valence-electron chi connectivity index (χ3n) is 2.35. The van der Waals surface area contributed by atoms with E-state index in [1.807, 2.05) is 0 Å². The van der Waals surface area contributed by atoms with Gasteiger partial charge < -0.3 is 5.73 Å². The number of sulfonamides is 1. The molecule has 106 valence electrons. The molecule has 0 aliphatic rings. The first kappa shape index (κ1) is 14.7. The molecule has 9 heteroatoms. The molecule has 0 aromatic carbocycles. The molecule has 20 heavy (non-hydrogen) atoms. The van der Waals surface area contributed by atoms with Crippen LogP contribution >= 0.6 is 15.9 Å². The largest absolute Gasteiger partial charge is 0.383 e. The Hall–Kier alpha value is -1.74. The number of hydrogen-bond donors (Lipinski definition) is 2. The lowest BCUT2D eigenvalue weighted by Gasteiger charge is -2.09. The predicted octanol–water partition coefficient (Wildman–Crippen LogP) is 1.63. The summed E-state index contributed by atoms with van der Waals surface area (Å²) in [4.78, 5) is 11.7. The van der Waals surface area contributed by atoms with Crippen LogP contribution in [0.5, 0.6) is 0 Å². The summed E-state index contributed by atoms with van der Waals surface area (Å²) in [7, 11) is -3.89. The minimum atomic E-state index is -3.89. The van der Waals surface area contributed by atoms with Gasteiger partial charge in [-0.3, -0.25) is 0 Å². The highest BCUT2D eigenvalue weighted by molar-refractivity contribution is 9.10. The smallest absolute Gasteiger partial charge is 0.267 e. The fourth-order valence-electron chi connectivity index (χ4n) is 1.59. The number of aromatic nitrogens is 3. The molecule has 0 fully saturated rings. The van der Waals surface area contributed by atoms with Crippen molar-refractivity contribution in [1.29, 1.82) is 0 Å². The normalized spacial score (nSPS) is 11.3. The molecule has 2 heterocycles. The summed E-state index contributed by atoms with van der Waals surface area (Å²) in [5.74, 6) is -0.0908. The second-order valence-electron chi connectivity index (χ2n) is 4.12. The van der Waals surface area contributed by atoms with Crippen molar-refractivity contribution in [3.63, 3.8) is 0 Å². The minimum absolute atomic E-state index is 0.00174. The maximum atomic E-state index is 12.3. The summed E-state index contributed by atoms with van der Waals surface area (Å²) in [5.41, 5.74) is 6.92. The van der Waals surface area contributed by atoms with Gasteiger partial charge >= 0.3 is 0 Å². The van der Waals surface area contributed by atoms with Crippen LogP contribution in [0, 0.1) is 13.8 Å². The number of anilines is 2. The van der Waals surface area contributed by atoms with Gasteiger partial charge in [-0.15, -0.1) is 0 Å². The topological polar surface area (TPSA) is 111 Å². The molecular formula is C11H12BrN5O2S. The van der Waals surface area contributed by atoms with Gasteiger partial charge in [-0.1, -0.05) is 0 Å². The predicted molar refractivity (Wildman–Crippen MR) is 78.7 cm³/mol. The van der Waals surface area contributed by atoms with Crippen LogP contribution in [0.4, 0.5) is 11.8 Å². The number of aryl methyl sites for hydroxylation is 2. The molecule has 0 saturated carbocycles. The first-order chi connectivity index (χ1) is 9.28. The second-order valence-corrected chi connectivity index (χ2v) is 6.68. The fraction of sp³-hybridized carbons (Fsp3) is 0.182. The van der Waals surface area contributed by atoms with E-state index in [0.29, 0.717) is 15.9 Å². The molecular weight excluding hydrogens is 346 g/mol. The van der Waals surface area contributed by atoms with Gasteiger partial charge in [-0.05, 0) is 41.9 Å². The van der Waals surface area contributed by atoms with Gasteiger partial charge in [0.15, 0.2) is 0 Å². The number of nitrogens with two attached hydrogens (primary N) is 1. The van der Waals surface area contributed by atoms with E-state index in [1.54, 1.807) is 19.9 Å². The quantitative estimate of drug-likeness (QED) is 0.863. The summed E-state index contributed by atoms with van der Waals surface area (Å²) >= 11 is 3.16. The van der Waals surface area contributed by atoms with Gasteiger partial charge in [0, 0.05) is 22.1 Å². The lowest BCUT2D eigenvalue weighted by Crippen LogP contribution is -2.17. The molecule has 7 nitrogen and oxygen atoms in total. The Bertz CT molecular complexity index is 743. The highest BCUT2D eigenvalue weighted by Gasteiger charge is 2.20. The van der Waals surface area contributed by atoms with E-state index in [9.17, 15) is 8.42 Å². The number of nitrogens with zero attached hydrogens (tertiary/aromatic N) is 3. The highest BCUT2D eigenvalue weighted by Crippen LogP contribution is 2.22. The van der Waals surface area contributed by atoms with Crippen LogP contribution in [-0.4, -0.2) is 23.4 Å². The number of halogens is 1. The zero-order valence-electron chi connectivity index (χ0n) is 10.8. The van der Waals surface area contributed by atoms with Crippen LogP contribution in [0.25, 0.3) is 0 Å². The van der Waals surface area contributed by atoms with Gasteiger partial charge in [0.05, 0.1) is 0 Å². The van der Waals surface area contributed by atoms with Gasteiger partial charge in [0.1, 0.15) is 10.7 Å². The average molecular weight is 358 g/mol. The zero-order valence-corrected chi connectivity index (χ0v) is 13.2. The summed E-state index contributed by atoms with van der Waals surface area (Å²) < 4.78 is 27.3. The lowest BCUT2D eigenvalue weighted by atomic mass is 10.4. The van der Waals surface area contributed by atoms with Gasteiger partial charge in [-0.25, -0.2) is 28.1 Å². The number of rotatable bonds is 3. The summed E-state index contributed by atoms with van der Waals surface area (Å²) in [6, 6.07) is 3.11. The number of nitrogen functional groups attached to an aromatic ring is 1. The van der Waals surface area contributed by atoms with Crippen LogP contribution < -0.4 is 10.5 Å². The van der Waals surface area contributed by atoms with Gasteiger partial charge in [-0.2, -0.15) is 0 Å². The van der Waals surface area contributed by atoms with Crippen molar-refractivity contribution in [2.75, 3.05) is 10.5 Å². The Labute approximate surface area is 124 Å². The van der Waals surface area contributed by atoms with Crippen molar-refractivity contribution >= 4 is 37.7 Å². The number of nitrogens with one attached hydrogen (secondary N) is 1. The molecule has 0 aliphatic heterocycles. The maximum Gasteiger partial charge on any atom is 0.267 e. The molecule has 3 N–H and O–H groups in total. The zero-order chi connectivity index (χ0) is 14.9. The van der Waals surface area contributed by atoms with Crippen molar-refractivity contribution in [3.05, 3.63) is 34.2 Å². The second kappa shape index (κ2) is 5.33. The first-order valence-electron chi connectivity index (χ1n) is 5.54. The van der Waals surface area contributed by atoms with Crippen LogP contribution in [0.15, 0.2) is 27.7 Å². The molecule has 0 radical (unpaired) electrons. The molecule has 0 bridgehead atoms. The van der Waals surface area contributed by atoms with Crippen molar-refractivity contribution in [2.45, 2.75) is 18.7 Å². The van der Waals surface area contributed by atoms with Crippen molar-refractivity contribution in [3.8, 4) is 0 Å². The van der Waals surface area contributed by atoms with Gasteiger partial charge in [0.2, 0.25) is 5.95 Å². The molecule has 2 aromatic heterocycles. The molecule has 0 unspecified atom stereocenters. The van der Waals surface area contributed by atoms with Crippen molar-refractivity contribution < 1.29 is 8.42 Å². The Morgan fingerprint density at radius 3 is 2.40 bits per heavy atom. The Morgan fingerprint density at radius 1 is 1.20 bits per heavy atom. The van der Waals surface area contributed by atoms with E-state index in [4.69, 9.17) is 5.73 Å². The van der Waals surface area contributed by atoms with E-state index < -0.39 is 10.0 Å². The Balaban J connectivity index is 2.43. The number of hydrogen-bond acceptors (Lipinski definition) is 6. The lowest BCUT2D eigenvalue weighted by molar-refractivity contribution is 0.600. The minimum Gasteiger partial charge on any atom is -0.383 e. The SMILES string of the molecule is Cc1cc(C)nc(NS(=O)(=O)c2cc(Br)cnc2N)n1. The summed E-state index contributed by atoms with van der Waals surface area (Å²) in [5, 5.41) is 0. The van der Waals surface area contributed by atoms with Crippen LogP contribution in [-0.2, 0) is 10.0 Å². The van der Waals surface area contributed by atoms with E-state index >= 15 is 0 Å². The van der Waals surface area contributed by atoms with Crippen LogP contribution in [0.2, 0.25) is 0 Å². The van der Waals surface area contributed by atoms with Crippen molar-refractivity contribution in [2.24, 2.45) is 0 Å². The van der Waals surface area contributed by atoms with E-state index in [0.717, 1.165) is 0 Å². The maximum absolute atomic E-state index is 12.3. The van der Waals surface area contributed by atoms with E-state index in [2.05, 4.69) is 35.6 Å². The highest BCUT2D eigenvalue weighted by atomic mass is 79.9. The Kier molecular flexibility index (Phi) is 3.91. The number of pyridine rings is 1. The van der Waals surface area contributed by atoms with E-state index in [-0.39, 0.29) is 16.7 Å². The standard InChI is InChI=1S/C11H12BrN5O2S/c1-6-3-7(2)16-11(15-6)17-20(18,19)9-4-8(12)5-14-10(9)13/h3-5H,1-2H3,(H2,13,14)(H,15,16,17). The fourth-order valence-corrected chi connectivity index (χ4v) is 3.13. The molecule has 0 amide bonds. The third kappa shape index (κ3) is 3.23. The summed E-state index contributed by atoms with van der Waals surface area (Å²) in [6.45, 7) is 3.50. The summed E-state index contributed by atoms with van der Waals surface area (Å²) in [6.07, 6.45) is 1.42. The molecule has 0 spiro atoms. The Morgan fingerprint density at radius 2 is 1.80 bits per heavy atom. The molecule has 0 saturated heterocycles. The van der Waals surface area contributed by atoms with Gasteiger partial charge in [0.25, 0.3) is 10.0 Å². The first-order valence-corrected chi connectivity index (χ1v) is 7.82. The van der Waals surface area contributed by atoms with Crippen molar-refractivity contribution in [1.82, 2.24) is 15.0 Å². The molecule has 2 rings (SSSR count). The van der Waals surface area contributed by atoms with Crippen LogP contribution in [0.1, 0.15) is 11.4 Å². The molecule has 0 atom stereocenters. The monoisotopic (exact) mass is 357 g/mol. The molecule has 2 aromatic rings. The average Bonchev–Trinajstić information content (AvgIpc) is 2.30. The third-order valence-corrected chi connectivity index (χ3v) is 4.14. The van der Waals surface area contributed by atoms with E-state index in [1.165, 1.54) is 12.3 Å². The van der Waals surface area contributed by atoms with Crippen LogP contribution in [0.3, 0.4) is 0 Å².